The lowest BCUT2D eigenvalue weighted by Gasteiger charge is -2.59. The van der Waals surface area contributed by atoms with E-state index in [4.69, 9.17) is 28.9 Å². The van der Waals surface area contributed by atoms with E-state index in [-0.39, 0.29) is 41.3 Å². The second kappa shape index (κ2) is 23.5. The van der Waals surface area contributed by atoms with Gasteiger partial charge in [-0.15, -0.1) is 0 Å². The summed E-state index contributed by atoms with van der Waals surface area (Å²) >= 11 is 0. The molecule has 1 spiro atoms. The Kier molecular flexibility index (Phi) is 15.8. The van der Waals surface area contributed by atoms with Gasteiger partial charge in [-0.1, -0.05) is 24.3 Å². The molecule has 5 aliphatic heterocycles. The summed E-state index contributed by atoms with van der Waals surface area (Å²) in [5.41, 5.74) is 4.72. The minimum absolute atomic E-state index is 0.0665. The number of likely N-dealkylation sites (tertiary alicyclic amines) is 1. The number of amides is 1. The minimum atomic E-state index is -4.66. The summed E-state index contributed by atoms with van der Waals surface area (Å²) in [6.07, 6.45) is 12.6. The molecular weight excluding hydrogens is 1130 g/mol. The quantitative estimate of drug-likeness (QED) is 0.0551. The average molecular weight is 1200 g/mol. The van der Waals surface area contributed by atoms with Crippen molar-refractivity contribution in [2.24, 2.45) is 16.7 Å². The number of hydrogen-bond acceptors (Lipinski definition) is 18. The van der Waals surface area contributed by atoms with E-state index < -0.39 is 48.6 Å². The average Bonchev–Trinajstić information content (AvgIpc) is 1.55. The summed E-state index contributed by atoms with van der Waals surface area (Å²) in [6, 6.07) is 26.7. The van der Waals surface area contributed by atoms with Crippen LogP contribution in [0.1, 0.15) is 111 Å². The first kappa shape index (κ1) is 58.5. The van der Waals surface area contributed by atoms with Crippen molar-refractivity contribution in [3.8, 4) is 17.7 Å². The molecule has 7 aliphatic rings. The van der Waals surface area contributed by atoms with Gasteiger partial charge in [-0.05, 0) is 167 Å². The Morgan fingerprint density at radius 3 is 2.47 bits per heavy atom. The number of methoxy groups -OCH3 is 1. The Bertz CT molecular complexity index is 3730. The molecule has 2 saturated carbocycles. The number of morpholine rings is 1. The van der Waals surface area contributed by atoms with Gasteiger partial charge in [0, 0.05) is 87.5 Å². The number of aromatic amines is 1. The maximum absolute atomic E-state index is 14.9. The number of anilines is 5. The minimum Gasteiger partial charge on any atom is -0.493 e. The summed E-state index contributed by atoms with van der Waals surface area (Å²) in [6.45, 7) is 10.3. The highest BCUT2D eigenvalue weighted by Gasteiger charge is 2.52. The number of rotatable bonds is 15. The third-order valence-corrected chi connectivity index (χ3v) is 21.5. The smallest absolute Gasteiger partial charge is 0.293 e. The molecule has 3 aromatic carbocycles. The number of carbonyl (C=O) groups excluding carboxylic acids is 1. The number of hydrogen-bond donors (Lipinski definition) is 4. The van der Waals surface area contributed by atoms with Crippen molar-refractivity contribution in [1.82, 2.24) is 24.6 Å². The standard InChI is InChI=1S/C65H77N11O10S/c1-42-6-4-5-7-49(42)56-37-65(41-66,34-44-30-57(83-3)60(69-39-44)73-25-28-84-29-26-73)20-24-74(56)47-35-64(36-47)18-22-72(23-19-64)46-8-10-50(53(32-46)75-52-15-27-85-40-58(52)86-62-55(75)31-45-14-21-67-59(45)70-62)61(77)71-87(81,82)48-9-11-51(54(33-48)76(79)80)68-38-43-12-16-63(2,78)17-13-43/h4-11,14,21,30-33,39,43,47,52,56,58,68,78H,12-13,15-20,22-29,34-38,40H2,1-3H3,(H,67,70)(H,71,77)/t43-,52-,56-,58-,63-,65+/m0/s1. The highest BCUT2D eigenvalue weighted by Crippen LogP contribution is 2.56. The summed E-state index contributed by atoms with van der Waals surface area (Å²) in [7, 11) is -2.98. The van der Waals surface area contributed by atoms with Crippen molar-refractivity contribution in [3.63, 3.8) is 0 Å². The van der Waals surface area contributed by atoms with Gasteiger partial charge in [-0.2, -0.15) is 10.2 Å². The third kappa shape index (κ3) is 11.6. The molecule has 6 fully saturated rings. The van der Waals surface area contributed by atoms with E-state index in [1.807, 2.05) is 37.4 Å². The van der Waals surface area contributed by atoms with Crippen molar-refractivity contribution in [1.29, 1.82) is 5.26 Å². The molecule has 0 bridgehead atoms. The van der Waals surface area contributed by atoms with Crippen molar-refractivity contribution < 1.29 is 42.2 Å². The molecule has 0 radical (unpaired) electrons. The van der Waals surface area contributed by atoms with Crippen molar-refractivity contribution in [3.05, 3.63) is 124 Å². The van der Waals surface area contributed by atoms with Crippen molar-refractivity contribution in [2.45, 2.75) is 126 Å². The number of sulfonamides is 1. The molecule has 4 saturated heterocycles. The van der Waals surface area contributed by atoms with Gasteiger partial charge >= 0.3 is 0 Å². The van der Waals surface area contributed by atoms with Crippen molar-refractivity contribution in [2.75, 3.05) is 92.8 Å². The second-order valence-corrected chi connectivity index (χ2v) is 27.4. The predicted molar refractivity (Wildman–Crippen MR) is 329 cm³/mol. The first-order valence-electron chi connectivity index (χ1n) is 30.8. The van der Waals surface area contributed by atoms with Gasteiger partial charge in [-0.25, -0.2) is 18.1 Å². The van der Waals surface area contributed by atoms with Gasteiger partial charge < -0.3 is 49.1 Å². The molecule has 2 aliphatic carbocycles. The summed E-state index contributed by atoms with van der Waals surface area (Å²) in [5, 5.41) is 38.0. The number of nitrogens with zero attached hydrogens (tertiary/aromatic N) is 8. The van der Waals surface area contributed by atoms with E-state index >= 15 is 0 Å². The second-order valence-electron chi connectivity index (χ2n) is 25.7. The van der Waals surface area contributed by atoms with Gasteiger partial charge in [0.15, 0.2) is 11.6 Å². The number of aliphatic hydroxyl groups is 1. The van der Waals surface area contributed by atoms with Crippen LogP contribution in [0, 0.1) is 45.1 Å². The molecule has 3 aromatic heterocycles. The molecule has 8 heterocycles. The number of nitro benzene ring substituents is 1. The summed E-state index contributed by atoms with van der Waals surface area (Å²) in [4.78, 5) is 48.6. The third-order valence-electron chi connectivity index (χ3n) is 20.1. The van der Waals surface area contributed by atoms with Gasteiger partial charge in [0.1, 0.15) is 23.1 Å². The normalized spacial score (nSPS) is 25.8. The largest absolute Gasteiger partial charge is 0.493 e. The van der Waals surface area contributed by atoms with E-state index in [1.54, 1.807) is 19.4 Å². The van der Waals surface area contributed by atoms with Crippen LogP contribution in [0.4, 0.5) is 34.3 Å². The summed E-state index contributed by atoms with van der Waals surface area (Å²) < 4.78 is 54.9. The highest BCUT2D eigenvalue weighted by atomic mass is 32.2. The summed E-state index contributed by atoms with van der Waals surface area (Å²) in [5.74, 6) is 1.16. The molecule has 21 nitrogen and oxygen atoms in total. The lowest BCUT2D eigenvalue weighted by molar-refractivity contribution is -0.384. The molecule has 1 amide bonds. The maximum Gasteiger partial charge on any atom is 0.293 e. The lowest BCUT2D eigenvalue weighted by atomic mass is 9.59. The molecule has 87 heavy (non-hydrogen) atoms. The number of aryl methyl sites for hydroxylation is 1. The number of H-pyrrole nitrogens is 1. The fraction of sp³-hybridized carbons (Fsp3) is 0.508. The molecule has 4 atom stereocenters. The molecule has 458 valence electrons. The van der Waals surface area contributed by atoms with Gasteiger partial charge in [0.25, 0.3) is 21.6 Å². The number of nitriles is 1. The molecule has 22 heteroatoms. The predicted octanol–water partition coefficient (Wildman–Crippen LogP) is 9.52. The van der Waals surface area contributed by atoms with Crippen LogP contribution in [0.5, 0.6) is 11.6 Å². The van der Waals surface area contributed by atoms with Gasteiger partial charge in [0.2, 0.25) is 5.88 Å². The van der Waals surface area contributed by atoms with Crippen LogP contribution >= 0.6 is 0 Å². The topological polar surface area (TPSA) is 254 Å². The first-order valence-corrected chi connectivity index (χ1v) is 32.3. The number of ether oxygens (including phenoxy) is 4. The molecule has 4 N–H and O–H groups in total. The Morgan fingerprint density at radius 1 is 0.920 bits per heavy atom. The Balaban J connectivity index is 0.746. The number of piperidine rings is 2. The van der Waals surface area contributed by atoms with Crippen LogP contribution in [0.25, 0.3) is 11.0 Å². The maximum atomic E-state index is 14.9. The van der Waals surface area contributed by atoms with Crippen LogP contribution in [0.15, 0.2) is 96.2 Å². The number of carbonyl (C=O) groups is 1. The molecular formula is C65H77N11O10S. The SMILES string of the molecule is COc1cc(C[C@]2(C#N)CCN(C3CC4(CCN(c5ccc(C(=O)NS(=O)(=O)c6ccc(NC[C@H]7CC[C@](C)(O)CC7)c([N+](=O)[O-])c6)c(N6c7cc8cc[nH]c8nc7O[C@H]7COCC[C@@H]76)c5)CC4)C3)[C@H](c3ccccc3C)C2)cnc1N1CCOCC1. The van der Waals surface area contributed by atoms with Gasteiger partial charge in [0.05, 0.1) is 71.1 Å². The van der Waals surface area contributed by atoms with Crippen LogP contribution in [-0.2, 0) is 25.9 Å². The Morgan fingerprint density at radius 2 is 1.71 bits per heavy atom. The van der Waals surface area contributed by atoms with E-state index in [0.29, 0.717) is 87.4 Å². The first-order chi connectivity index (χ1) is 42.0. The zero-order valence-corrected chi connectivity index (χ0v) is 50.5. The van der Waals surface area contributed by atoms with Crippen LogP contribution in [0.3, 0.4) is 0 Å². The van der Waals surface area contributed by atoms with E-state index in [0.717, 1.165) is 112 Å². The fourth-order valence-electron chi connectivity index (χ4n) is 15.1. The molecule has 6 aromatic rings. The zero-order valence-electron chi connectivity index (χ0n) is 49.7. The molecule has 13 rings (SSSR count). The molecule has 0 unspecified atom stereocenters. The number of aromatic nitrogens is 3. The number of nitrogens with one attached hydrogen (secondary N) is 3. The highest BCUT2D eigenvalue weighted by molar-refractivity contribution is 7.90. The Labute approximate surface area is 507 Å². The monoisotopic (exact) mass is 1200 g/mol. The van der Waals surface area contributed by atoms with Crippen LogP contribution in [-0.4, -0.2) is 141 Å². The van der Waals surface area contributed by atoms with Crippen LogP contribution in [0.2, 0.25) is 0 Å². The number of fused-ring (bicyclic) bond motifs is 3. The Hall–Kier alpha value is -7.55. The lowest BCUT2D eigenvalue weighted by Crippen LogP contribution is -2.58. The number of nitro groups is 1. The zero-order chi connectivity index (χ0) is 60.2. The number of benzene rings is 3. The number of pyridine rings is 2. The van der Waals surface area contributed by atoms with E-state index in [9.17, 15) is 33.7 Å². The van der Waals surface area contributed by atoms with Crippen molar-refractivity contribution >= 4 is 61.2 Å². The van der Waals surface area contributed by atoms with Gasteiger partial charge in [-0.3, -0.25) is 19.8 Å². The van der Waals surface area contributed by atoms with E-state index in [1.165, 1.54) is 23.3 Å². The fourth-order valence-corrected chi connectivity index (χ4v) is 16.0. The van der Waals surface area contributed by atoms with Crippen LogP contribution < -0.4 is 34.2 Å². The van der Waals surface area contributed by atoms with E-state index in [2.05, 4.69) is 77.9 Å².